The predicted molar refractivity (Wildman–Crippen MR) is 191 cm³/mol. The molecule has 38 heavy (non-hydrogen) atoms. The Bertz CT molecular complexity index is 469. The molecule has 0 fully saturated rings. The zero-order valence-corrected chi connectivity index (χ0v) is 30.4. The third-order valence-corrected chi connectivity index (χ3v) is 15.6. The smallest absolute Gasteiger partial charge is 0.0765 e. The molecule has 0 saturated carbocycles. The molecule has 0 aliphatic carbocycles. The lowest BCUT2D eigenvalue weighted by molar-refractivity contribution is 0.223. The lowest BCUT2D eigenvalue weighted by Gasteiger charge is -2.33. The summed E-state index contributed by atoms with van der Waals surface area (Å²) < 4.78 is 0. The molecule has 4 N–H and O–H groups in total. The summed E-state index contributed by atoms with van der Waals surface area (Å²) in [5.41, 5.74) is 0.109. The Balaban J connectivity index is 4.94. The molecule has 0 aromatic carbocycles. The molecule has 0 saturated heterocycles. The molecule has 0 aromatic heterocycles. The Morgan fingerprint density at radius 1 is 0.395 bits per heavy atom. The first-order valence-electron chi connectivity index (χ1n) is 12.3. The topological polar surface area (TPSA) is 80.9 Å². The minimum Gasteiger partial charge on any atom is -0.391 e. The zero-order valence-electron chi connectivity index (χ0n) is 21.7. The third-order valence-electron chi connectivity index (χ3n) is 4.70. The van der Waals surface area contributed by atoms with Gasteiger partial charge in [0.05, 0.1) is 24.4 Å². The summed E-state index contributed by atoms with van der Waals surface area (Å²) in [6, 6.07) is 0. The quantitative estimate of drug-likeness (QED) is 0.0579. The van der Waals surface area contributed by atoms with Crippen LogP contribution in [0.5, 0.6) is 0 Å². The molecule has 0 bridgehead atoms. The van der Waals surface area contributed by atoms with Crippen molar-refractivity contribution in [1.82, 2.24) is 0 Å². The summed E-state index contributed by atoms with van der Waals surface area (Å²) in [5.74, 6) is 13.8. The van der Waals surface area contributed by atoms with E-state index in [1.807, 2.05) is 35.3 Å². The van der Waals surface area contributed by atoms with Gasteiger partial charge in [-0.1, -0.05) is 0 Å². The Morgan fingerprint density at radius 3 is 0.921 bits per heavy atom. The fourth-order valence-electron chi connectivity index (χ4n) is 2.72. The SMILES string of the molecule is OC(CCl)CSCCSCC(CSCCSCC(O)CCl)(CSCCSCC(O)CCl)CSCC(O)CCl. The van der Waals surface area contributed by atoms with Crippen LogP contribution in [0.2, 0.25) is 0 Å². The van der Waals surface area contributed by atoms with Gasteiger partial charge in [0.25, 0.3) is 0 Å². The van der Waals surface area contributed by atoms with Gasteiger partial charge < -0.3 is 20.4 Å². The highest BCUT2D eigenvalue weighted by Crippen LogP contribution is 2.36. The fraction of sp³-hybridized carbons (Fsp3) is 1.00. The zero-order chi connectivity index (χ0) is 28.5. The molecule has 0 aromatic rings. The lowest BCUT2D eigenvalue weighted by atomic mass is 9.99. The molecular formula is C23H44Cl4O4S7. The van der Waals surface area contributed by atoms with Crippen molar-refractivity contribution < 1.29 is 20.4 Å². The van der Waals surface area contributed by atoms with Crippen LogP contribution in [0, 0.1) is 5.41 Å². The van der Waals surface area contributed by atoms with Gasteiger partial charge in [0.1, 0.15) is 0 Å². The van der Waals surface area contributed by atoms with Crippen molar-refractivity contribution in [2.24, 2.45) is 5.41 Å². The molecule has 0 rings (SSSR count). The number of aliphatic hydroxyl groups excluding tert-OH is 4. The monoisotopic (exact) mass is 748 g/mol. The van der Waals surface area contributed by atoms with Crippen molar-refractivity contribution in [2.75, 3.05) is 104 Å². The number of hydrogen-bond acceptors (Lipinski definition) is 11. The molecule has 230 valence electrons. The van der Waals surface area contributed by atoms with Crippen molar-refractivity contribution in [2.45, 2.75) is 24.4 Å². The van der Waals surface area contributed by atoms with Crippen LogP contribution >= 0.6 is 129 Å². The van der Waals surface area contributed by atoms with E-state index in [4.69, 9.17) is 46.4 Å². The number of thioether (sulfide) groups is 7. The van der Waals surface area contributed by atoms with Crippen molar-refractivity contribution in [3.05, 3.63) is 0 Å². The molecule has 0 aliphatic heterocycles. The average molecular weight is 751 g/mol. The van der Waals surface area contributed by atoms with Crippen LogP contribution in [0.15, 0.2) is 0 Å². The summed E-state index contributed by atoms with van der Waals surface area (Å²) in [6.07, 6.45) is -1.84. The van der Waals surface area contributed by atoms with E-state index >= 15 is 0 Å². The van der Waals surface area contributed by atoms with Crippen molar-refractivity contribution in [1.29, 1.82) is 0 Å². The lowest BCUT2D eigenvalue weighted by Crippen LogP contribution is -2.34. The third kappa shape index (κ3) is 24.8. The second-order valence-corrected chi connectivity index (χ2v) is 17.7. The van der Waals surface area contributed by atoms with Gasteiger partial charge in [0.15, 0.2) is 0 Å². The molecule has 0 radical (unpaired) electrons. The first-order valence-corrected chi connectivity index (χ1v) is 22.5. The first kappa shape index (κ1) is 41.4. The van der Waals surface area contributed by atoms with Gasteiger partial charge >= 0.3 is 0 Å². The van der Waals surface area contributed by atoms with Crippen LogP contribution in [0.25, 0.3) is 0 Å². The minimum atomic E-state index is -0.494. The Hall–Kier alpha value is 3.45. The predicted octanol–water partition coefficient (Wildman–Crippen LogP) is 5.50. The second kappa shape index (κ2) is 29.2. The highest BCUT2D eigenvalue weighted by molar-refractivity contribution is 8.04. The van der Waals surface area contributed by atoms with Crippen LogP contribution in [0.4, 0.5) is 0 Å². The summed E-state index contributed by atoms with van der Waals surface area (Å²) in [7, 11) is 0. The molecule has 0 amide bonds. The highest BCUT2D eigenvalue weighted by Gasteiger charge is 2.30. The van der Waals surface area contributed by atoms with Crippen molar-refractivity contribution in [3.8, 4) is 0 Å². The van der Waals surface area contributed by atoms with E-state index in [2.05, 4.69) is 0 Å². The van der Waals surface area contributed by atoms with Gasteiger partial charge in [0.2, 0.25) is 0 Å². The molecular weight excluding hydrogens is 707 g/mol. The van der Waals surface area contributed by atoms with Crippen LogP contribution in [0.1, 0.15) is 0 Å². The highest BCUT2D eigenvalue weighted by atomic mass is 35.5. The van der Waals surface area contributed by atoms with Gasteiger partial charge in [0, 0.05) is 109 Å². The molecule has 4 unspecified atom stereocenters. The Kier molecular flexibility index (Phi) is 31.8. The van der Waals surface area contributed by atoms with E-state index < -0.39 is 24.4 Å². The van der Waals surface area contributed by atoms with Crippen LogP contribution in [-0.2, 0) is 0 Å². The number of aliphatic hydroxyl groups is 4. The number of rotatable bonds is 29. The Morgan fingerprint density at radius 2 is 0.632 bits per heavy atom. The van der Waals surface area contributed by atoms with Gasteiger partial charge in [-0.05, 0) is 0 Å². The van der Waals surface area contributed by atoms with Crippen LogP contribution < -0.4 is 0 Å². The maximum absolute atomic E-state index is 10.0. The van der Waals surface area contributed by atoms with E-state index in [0.29, 0.717) is 23.0 Å². The van der Waals surface area contributed by atoms with Gasteiger partial charge in [-0.25, -0.2) is 0 Å². The molecule has 4 atom stereocenters. The minimum absolute atomic E-state index is 0.109. The maximum atomic E-state index is 10.0. The second-order valence-electron chi connectivity index (χ2n) is 8.63. The van der Waals surface area contributed by atoms with Gasteiger partial charge in [-0.3, -0.25) is 0 Å². The maximum Gasteiger partial charge on any atom is 0.0765 e. The number of halogens is 4. The fourth-order valence-corrected chi connectivity index (χ4v) is 12.8. The Labute approximate surface area is 280 Å². The van der Waals surface area contributed by atoms with Crippen molar-refractivity contribution >= 4 is 129 Å². The standard InChI is InChI=1S/C23H44Cl4O4S7/c24-7-19(28)11-32-1-4-35-15-23(18-38-14-22(31)10-27,16-36-5-2-33-12-20(29)8-25)17-37-6-3-34-13-21(30)9-26/h19-22,28-31H,1-18H2. The van der Waals surface area contributed by atoms with Gasteiger partial charge in [-0.15, -0.1) is 46.4 Å². The largest absolute Gasteiger partial charge is 0.391 e. The van der Waals surface area contributed by atoms with Crippen LogP contribution in [0.3, 0.4) is 0 Å². The molecule has 4 nitrogen and oxygen atoms in total. The van der Waals surface area contributed by atoms with E-state index in [9.17, 15) is 20.4 Å². The summed E-state index contributed by atoms with van der Waals surface area (Å²) in [4.78, 5) is 0. The first-order chi connectivity index (χ1) is 18.3. The molecule has 0 aliphatic rings. The summed E-state index contributed by atoms with van der Waals surface area (Å²) >= 11 is 35.8. The van der Waals surface area contributed by atoms with Crippen LogP contribution in [-0.4, -0.2) is 149 Å². The van der Waals surface area contributed by atoms with Gasteiger partial charge in [-0.2, -0.15) is 82.3 Å². The summed E-state index contributed by atoms with van der Waals surface area (Å²) in [6.45, 7) is 0. The molecule has 15 heteroatoms. The van der Waals surface area contributed by atoms with E-state index in [1.165, 1.54) is 0 Å². The summed E-state index contributed by atoms with van der Waals surface area (Å²) in [5, 5.41) is 39.0. The average Bonchev–Trinajstić information content (AvgIpc) is 2.93. The van der Waals surface area contributed by atoms with E-state index in [1.54, 1.807) is 47.0 Å². The number of alkyl halides is 4. The van der Waals surface area contributed by atoms with Crippen molar-refractivity contribution in [3.63, 3.8) is 0 Å². The normalized spacial score (nSPS) is 16.7. The number of hydrogen-bond donors (Lipinski definition) is 4. The molecule has 0 heterocycles. The molecule has 0 spiro atoms. The van der Waals surface area contributed by atoms with E-state index in [-0.39, 0.29) is 28.9 Å². The van der Waals surface area contributed by atoms with E-state index in [0.717, 1.165) is 57.5 Å².